The lowest BCUT2D eigenvalue weighted by Gasteiger charge is -2.28. The predicted molar refractivity (Wildman–Crippen MR) is 96.3 cm³/mol. The normalized spacial score (nSPS) is 14.6. The van der Waals surface area contributed by atoms with Crippen molar-refractivity contribution in [1.29, 1.82) is 0 Å². The van der Waals surface area contributed by atoms with Crippen LogP contribution >= 0.6 is 0 Å². The van der Waals surface area contributed by atoms with Crippen molar-refractivity contribution in [3.05, 3.63) is 41.6 Å². The molecule has 3 heterocycles. The molecule has 7 heteroatoms. The number of morpholine rings is 1. The molecule has 1 aliphatic heterocycles. The van der Waals surface area contributed by atoms with Gasteiger partial charge in [0.1, 0.15) is 0 Å². The van der Waals surface area contributed by atoms with Crippen molar-refractivity contribution in [3.63, 3.8) is 0 Å². The number of pyridine rings is 1. The third kappa shape index (κ3) is 2.90. The molecule has 1 fully saturated rings. The molecule has 1 aliphatic rings. The summed E-state index contributed by atoms with van der Waals surface area (Å²) in [5.41, 5.74) is 4.02. The van der Waals surface area contributed by atoms with Crippen LogP contribution in [-0.4, -0.2) is 49.5 Å². The molecule has 0 radical (unpaired) electrons. The summed E-state index contributed by atoms with van der Waals surface area (Å²) in [5, 5.41) is 4.51. The quantitative estimate of drug-likeness (QED) is 0.670. The number of esters is 1. The molecule has 26 heavy (non-hydrogen) atoms. The fraction of sp³-hybridized carbons (Fsp3) is 0.316. The Morgan fingerprint density at radius 1 is 1.19 bits per heavy atom. The average molecular weight is 353 g/mol. The van der Waals surface area contributed by atoms with Crippen LogP contribution in [-0.2, 0) is 9.47 Å². The van der Waals surface area contributed by atoms with Crippen molar-refractivity contribution in [2.45, 2.75) is 6.92 Å². The van der Waals surface area contributed by atoms with Gasteiger partial charge in [-0.05, 0) is 25.1 Å². The second-order valence-corrected chi connectivity index (χ2v) is 6.14. The number of methoxy groups -OCH3 is 1. The van der Waals surface area contributed by atoms with Crippen LogP contribution in [0.15, 0.2) is 34.9 Å². The summed E-state index contributed by atoms with van der Waals surface area (Å²) in [6, 6.07) is 9.81. The monoisotopic (exact) mass is 353 g/mol. The number of anilines is 1. The zero-order chi connectivity index (χ0) is 18.1. The molecule has 2 aromatic heterocycles. The van der Waals surface area contributed by atoms with E-state index in [0.29, 0.717) is 28.1 Å². The minimum absolute atomic E-state index is 0.331. The van der Waals surface area contributed by atoms with E-state index in [9.17, 15) is 4.79 Å². The number of hydrogen-bond donors (Lipinski definition) is 0. The first-order valence-corrected chi connectivity index (χ1v) is 8.46. The van der Waals surface area contributed by atoms with Gasteiger partial charge < -0.3 is 18.9 Å². The van der Waals surface area contributed by atoms with E-state index in [2.05, 4.69) is 27.2 Å². The number of hydrogen-bond acceptors (Lipinski definition) is 7. The Morgan fingerprint density at radius 2 is 1.92 bits per heavy atom. The Hall–Kier alpha value is -2.93. The predicted octanol–water partition coefficient (Wildman–Crippen LogP) is 2.82. The van der Waals surface area contributed by atoms with Crippen molar-refractivity contribution in [2.24, 2.45) is 0 Å². The van der Waals surface area contributed by atoms with Crippen molar-refractivity contribution < 1.29 is 18.8 Å². The van der Waals surface area contributed by atoms with Gasteiger partial charge in [-0.1, -0.05) is 17.3 Å². The lowest BCUT2D eigenvalue weighted by atomic mass is 10.1. The van der Waals surface area contributed by atoms with E-state index in [1.807, 2.05) is 12.1 Å². The molecule has 0 aliphatic carbocycles. The molecule has 1 saturated heterocycles. The maximum Gasteiger partial charge on any atom is 0.338 e. The summed E-state index contributed by atoms with van der Waals surface area (Å²) in [4.78, 5) is 19.0. The van der Waals surface area contributed by atoms with Crippen molar-refractivity contribution in [1.82, 2.24) is 10.1 Å². The maximum absolute atomic E-state index is 12.2. The van der Waals surface area contributed by atoms with Gasteiger partial charge in [-0.25, -0.2) is 9.78 Å². The van der Waals surface area contributed by atoms with E-state index < -0.39 is 5.97 Å². The number of ether oxygens (including phenoxy) is 2. The lowest BCUT2D eigenvalue weighted by Crippen LogP contribution is -2.36. The van der Waals surface area contributed by atoms with Gasteiger partial charge in [-0.2, -0.15) is 0 Å². The van der Waals surface area contributed by atoms with Gasteiger partial charge in [-0.3, -0.25) is 0 Å². The number of aryl methyl sites for hydroxylation is 1. The van der Waals surface area contributed by atoms with Crippen LogP contribution in [0.4, 0.5) is 5.69 Å². The summed E-state index contributed by atoms with van der Waals surface area (Å²) in [6.07, 6.45) is 0. The average Bonchev–Trinajstić information content (AvgIpc) is 3.08. The number of fused-ring (bicyclic) bond motifs is 1. The van der Waals surface area contributed by atoms with E-state index in [-0.39, 0.29) is 0 Å². The van der Waals surface area contributed by atoms with Crippen molar-refractivity contribution in [3.8, 4) is 11.3 Å². The first kappa shape index (κ1) is 16.5. The van der Waals surface area contributed by atoms with E-state index in [4.69, 9.17) is 14.0 Å². The number of carbonyl (C=O) groups excluding carboxylic acids is 1. The highest BCUT2D eigenvalue weighted by Crippen LogP contribution is 2.28. The Bertz CT molecular complexity index is 943. The Kier molecular flexibility index (Phi) is 4.30. The SMILES string of the molecule is COC(=O)c1cc(-c2ccc(N3CCOCC3)cc2)nc2onc(C)c12. The third-order valence-electron chi connectivity index (χ3n) is 4.56. The molecule has 1 aromatic carbocycles. The van der Waals surface area contributed by atoms with Gasteiger partial charge in [0.15, 0.2) is 0 Å². The van der Waals surface area contributed by atoms with E-state index in [0.717, 1.165) is 37.6 Å². The number of benzene rings is 1. The van der Waals surface area contributed by atoms with Crippen LogP contribution in [0.2, 0.25) is 0 Å². The van der Waals surface area contributed by atoms with E-state index in [1.54, 1.807) is 13.0 Å². The molecule has 0 atom stereocenters. The number of nitrogens with zero attached hydrogens (tertiary/aromatic N) is 3. The molecule has 0 amide bonds. The van der Waals surface area contributed by atoms with Crippen LogP contribution in [0.3, 0.4) is 0 Å². The molecule has 0 spiro atoms. The fourth-order valence-corrected chi connectivity index (χ4v) is 3.18. The molecule has 4 rings (SSSR count). The highest BCUT2D eigenvalue weighted by molar-refractivity contribution is 6.04. The second kappa shape index (κ2) is 6.76. The molecule has 134 valence electrons. The molecule has 0 unspecified atom stereocenters. The van der Waals surface area contributed by atoms with E-state index >= 15 is 0 Å². The zero-order valence-corrected chi connectivity index (χ0v) is 14.7. The van der Waals surface area contributed by atoms with Gasteiger partial charge in [-0.15, -0.1) is 0 Å². The van der Waals surface area contributed by atoms with Gasteiger partial charge in [0.2, 0.25) is 0 Å². The lowest BCUT2D eigenvalue weighted by molar-refractivity contribution is 0.0603. The number of aromatic nitrogens is 2. The highest BCUT2D eigenvalue weighted by Gasteiger charge is 2.20. The maximum atomic E-state index is 12.2. The number of carbonyl (C=O) groups is 1. The standard InChI is InChI=1S/C19H19N3O4/c1-12-17-15(19(23)24-2)11-16(20-18(17)26-21-12)13-3-5-14(6-4-13)22-7-9-25-10-8-22/h3-6,11H,7-10H2,1-2H3. The minimum atomic E-state index is -0.435. The van der Waals surface area contributed by atoms with Gasteiger partial charge in [0.25, 0.3) is 5.71 Å². The summed E-state index contributed by atoms with van der Waals surface area (Å²) in [7, 11) is 1.36. The van der Waals surface area contributed by atoms with Crippen LogP contribution in [0.1, 0.15) is 16.1 Å². The highest BCUT2D eigenvalue weighted by atomic mass is 16.5. The first-order valence-electron chi connectivity index (χ1n) is 8.46. The molecule has 3 aromatic rings. The largest absolute Gasteiger partial charge is 0.465 e. The second-order valence-electron chi connectivity index (χ2n) is 6.14. The summed E-state index contributed by atoms with van der Waals surface area (Å²) < 4.78 is 15.6. The Balaban J connectivity index is 1.73. The summed E-state index contributed by atoms with van der Waals surface area (Å²) in [5.74, 6) is -0.435. The summed E-state index contributed by atoms with van der Waals surface area (Å²) >= 11 is 0. The minimum Gasteiger partial charge on any atom is -0.465 e. The fourth-order valence-electron chi connectivity index (χ4n) is 3.18. The van der Waals surface area contributed by atoms with Crippen LogP contribution < -0.4 is 4.90 Å². The molecule has 0 saturated carbocycles. The smallest absolute Gasteiger partial charge is 0.338 e. The molecule has 0 N–H and O–H groups in total. The molecule has 0 bridgehead atoms. The molecule has 7 nitrogen and oxygen atoms in total. The Morgan fingerprint density at radius 3 is 2.62 bits per heavy atom. The first-order chi connectivity index (χ1) is 12.7. The van der Waals surface area contributed by atoms with Gasteiger partial charge >= 0.3 is 5.97 Å². The van der Waals surface area contributed by atoms with Crippen molar-refractivity contribution >= 4 is 22.8 Å². The van der Waals surface area contributed by atoms with Crippen LogP contribution in [0.5, 0.6) is 0 Å². The Labute approximate surface area is 150 Å². The third-order valence-corrected chi connectivity index (χ3v) is 4.56. The zero-order valence-electron chi connectivity index (χ0n) is 14.7. The topological polar surface area (TPSA) is 77.7 Å². The summed E-state index contributed by atoms with van der Waals surface area (Å²) in [6.45, 7) is 5.03. The van der Waals surface area contributed by atoms with Gasteiger partial charge in [0, 0.05) is 24.3 Å². The molecular formula is C19H19N3O4. The van der Waals surface area contributed by atoms with Crippen LogP contribution in [0.25, 0.3) is 22.4 Å². The van der Waals surface area contributed by atoms with Crippen LogP contribution in [0, 0.1) is 6.92 Å². The van der Waals surface area contributed by atoms with Crippen molar-refractivity contribution in [2.75, 3.05) is 38.3 Å². The van der Waals surface area contributed by atoms with Gasteiger partial charge in [0.05, 0.1) is 42.7 Å². The number of rotatable bonds is 3. The van der Waals surface area contributed by atoms with E-state index in [1.165, 1.54) is 7.11 Å². The molecular weight excluding hydrogens is 334 g/mol.